The molecule has 1 aromatic rings. The number of methoxy groups -OCH3 is 1. The van der Waals surface area contributed by atoms with Crippen LogP contribution in [-0.4, -0.2) is 72.5 Å². The Kier molecular flexibility index (Phi) is 6.64. The van der Waals surface area contributed by atoms with E-state index in [1.807, 2.05) is 24.3 Å². The minimum absolute atomic E-state index is 0.225. The predicted molar refractivity (Wildman–Crippen MR) is 87.1 cm³/mol. The van der Waals surface area contributed by atoms with E-state index in [2.05, 4.69) is 16.7 Å². The van der Waals surface area contributed by atoms with Crippen molar-refractivity contribution in [3.8, 4) is 5.75 Å². The summed E-state index contributed by atoms with van der Waals surface area (Å²) in [5.74, 6) is 0.773. The van der Waals surface area contributed by atoms with Gasteiger partial charge in [0.1, 0.15) is 5.75 Å². The zero-order valence-corrected chi connectivity index (χ0v) is 13.6. The molecule has 1 aliphatic rings. The van der Waals surface area contributed by atoms with Gasteiger partial charge in [0.05, 0.1) is 19.8 Å². The lowest BCUT2D eigenvalue weighted by Crippen LogP contribution is -2.51. The minimum Gasteiger partial charge on any atom is -0.497 e. The molecule has 124 valence electrons. The largest absolute Gasteiger partial charge is 0.497 e. The molecule has 1 fully saturated rings. The molecule has 5 nitrogen and oxygen atoms in total. The summed E-state index contributed by atoms with van der Waals surface area (Å²) in [5.41, 5.74) is 0.892. The van der Waals surface area contributed by atoms with E-state index in [1.165, 1.54) is 0 Å². The van der Waals surface area contributed by atoms with Crippen LogP contribution in [0.2, 0.25) is 0 Å². The Morgan fingerprint density at radius 3 is 2.55 bits per heavy atom. The standard InChI is InChI=1S/C17H28N2O3/c1-3-15(13-20)19-9-7-18(8-10-19)12-17(21)14-5-4-6-16(11-14)22-2/h4-6,11,15,17,20-21H,3,7-10,12-13H2,1-2H3. The van der Waals surface area contributed by atoms with E-state index >= 15 is 0 Å². The zero-order chi connectivity index (χ0) is 15.9. The molecular formula is C17H28N2O3. The Labute approximate surface area is 133 Å². The summed E-state index contributed by atoms with van der Waals surface area (Å²) in [6.07, 6.45) is 0.476. The van der Waals surface area contributed by atoms with Crippen LogP contribution in [0.3, 0.4) is 0 Å². The second-order valence-corrected chi connectivity index (χ2v) is 5.87. The Morgan fingerprint density at radius 2 is 1.95 bits per heavy atom. The second kappa shape index (κ2) is 8.48. The molecule has 2 rings (SSSR count). The maximum atomic E-state index is 10.4. The number of benzene rings is 1. The Bertz CT molecular complexity index is 443. The van der Waals surface area contributed by atoms with Crippen molar-refractivity contribution >= 4 is 0 Å². The predicted octanol–water partition coefficient (Wildman–Crippen LogP) is 1.12. The SMILES string of the molecule is CCC(CO)N1CCN(CC(O)c2cccc(OC)c2)CC1. The van der Waals surface area contributed by atoms with Crippen LogP contribution in [-0.2, 0) is 0 Å². The first-order valence-corrected chi connectivity index (χ1v) is 8.07. The van der Waals surface area contributed by atoms with E-state index in [0.29, 0.717) is 6.54 Å². The first-order valence-electron chi connectivity index (χ1n) is 8.07. The monoisotopic (exact) mass is 308 g/mol. The summed E-state index contributed by atoms with van der Waals surface area (Å²) >= 11 is 0. The maximum Gasteiger partial charge on any atom is 0.119 e. The first-order chi connectivity index (χ1) is 10.7. The van der Waals surface area contributed by atoms with Crippen molar-refractivity contribution in [2.45, 2.75) is 25.5 Å². The summed E-state index contributed by atoms with van der Waals surface area (Å²) in [4.78, 5) is 4.62. The van der Waals surface area contributed by atoms with Gasteiger partial charge in [-0.05, 0) is 24.1 Å². The summed E-state index contributed by atoms with van der Waals surface area (Å²) in [5, 5.41) is 19.8. The van der Waals surface area contributed by atoms with Crippen LogP contribution < -0.4 is 4.74 Å². The lowest BCUT2D eigenvalue weighted by atomic mass is 10.1. The molecule has 0 bridgehead atoms. The van der Waals surface area contributed by atoms with E-state index < -0.39 is 6.10 Å². The van der Waals surface area contributed by atoms with E-state index in [4.69, 9.17) is 4.74 Å². The number of aliphatic hydroxyl groups is 2. The highest BCUT2D eigenvalue weighted by Gasteiger charge is 2.23. The van der Waals surface area contributed by atoms with Crippen molar-refractivity contribution in [3.63, 3.8) is 0 Å². The van der Waals surface area contributed by atoms with Gasteiger partial charge < -0.3 is 14.9 Å². The van der Waals surface area contributed by atoms with E-state index in [-0.39, 0.29) is 12.6 Å². The Morgan fingerprint density at radius 1 is 1.23 bits per heavy atom. The van der Waals surface area contributed by atoms with Crippen LogP contribution in [0.1, 0.15) is 25.0 Å². The summed E-state index contributed by atoms with van der Waals surface area (Å²) in [6.45, 7) is 6.72. The van der Waals surface area contributed by atoms with E-state index in [9.17, 15) is 10.2 Å². The van der Waals surface area contributed by atoms with Crippen LogP contribution in [0.15, 0.2) is 24.3 Å². The van der Waals surface area contributed by atoms with E-state index in [1.54, 1.807) is 7.11 Å². The summed E-state index contributed by atoms with van der Waals surface area (Å²) < 4.78 is 5.21. The molecule has 5 heteroatoms. The second-order valence-electron chi connectivity index (χ2n) is 5.87. The lowest BCUT2D eigenvalue weighted by Gasteiger charge is -2.39. The fraction of sp³-hybridized carbons (Fsp3) is 0.647. The van der Waals surface area contributed by atoms with Crippen molar-refractivity contribution < 1.29 is 14.9 Å². The zero-order valence-electron chi connectivity index (χ0n) is 13.6. The third-order valence-corrected chi connectivity index (χ3v) is 4.51. The van der Waals surface area contributed by atoms with Gasteiger partial charge in [0, 0.05) is 38.8 Å². The third kappa shape index (κ3) is 4.43. The highest BCUT2D eigenvalue weighted by molar-refractivity contribution is 5.29. The third-order valence-electron chi connectivity index (χ3n) is 4.51. The van der Waals surface area contributed by atoms with Crippen molar-refractivity contribution in [3.05, 3.63) is 29.8 Å². The van der Waals surface area contributed by atoms with E-state index in [0.717, 1.165) is 43.9 Å². The molecule has 2 N–H and O–H groups in total. The fourth-order valence-electron chi connectivity index (χ4n) is 3.01. The molecule has 0 amide bonds. The molecule has 0 aromatic heterocycles. The molecule has 1 heterocycles. The topological polar surface area (TPSA) is 56.2 Å². The number of nitrogens with zero attached hydrogens (tertiary/aromatic N) is 2. The van der Waals surface area contributed by atoms with Crippen LogP contribution in [0.4, 0.5) is 0 Å². The summed E-state index contributed by atoms with van der Waals surface area (Å²) in [6, 6.07) is 7.88. The highest BCUT2D eigenvalue weighted by atomic mass is 16.5. The Hall–Kier alpha value is -1.14. The van der Waals surface area contributed by atoms with Gasteiger partial charge in [-0.25, -0.2) is 0 Å². The molecular weight excluding hydrogens is 280 g/mol. The summed E-state index contributed by atoms with van der Waals surface area (Å²) in [7, 11) is 1.63. The van der Waals surface area contributed by atoms with Gasteiger partial charge in [-0.2, -0.15) is 0 Å². The molecule has 2 unspecified atom stereocenters. The molecule has 0 radical (unpaired) electrons. The van der Waals surface area contributed by atoms with Crippen LogP contribution >= 0.6 is 0 Å². The lowest BCUT2D eigenvalue weighted by molar-refractivity contribution is 0.0394. The number of aliphatic hydroxyl groups excluding tert-OH is 2. The molecule has 1 aliphatic heterocycles. The molecule has 1 aromatic carbocycles. The van der Waals surface area contributed by atoms with Crippen LogP contribution in [0, 0.1) is 0 Å². The molecule has 0 spiro atoms. The molecule has 2 atom stereocenters. The van der Waals surface area contributed by atoms with Gasteiger partial charge in [-0.3, -0.25) is 9.80 Å². The quantitative estimate of drug-likeness (QED) is 0.790. The van der Waals surface area contributed by atoms with Crippen molar-refractivity contribution in [1.29, 1.82) is 0 Å². The molecule has 0 saturated carbocycles. The molecule has 1 saturated heterocycles. The van der Waals surface area contributed by atoms with Crippen LogP contribution in [0.25, 0.3) is 0 Å². The average molecular weight is 308 g/mol. The number of hydrogen-bond donors (Lipinski definition) is 2. The van der Waals surface area contributed by atoms with Gasteiger partial charge in [0.25, 0.3) is 0 Å². The normalized spacial score (nSPS) is 19.8. The van der Waals surface area contributed by atoms with Crippen LogP contribution in [0.5, 0.6) is 5.75 Å². The van der Waals surface area contributed by atoms with Crippen molar-refractivity contribution in [2.24, 2.45) is 0 Å². The maximum absolute atomic E-state index is 10.4. The Balaban J connectivity index is 1.84. The number of piperazine rings is 1. The van der Waals surface area contributed by atoms with Gasteiger partial charge in [-0.1, -0.05) is 19.1 Å². The number of rotatable bonds is 7. The first kappa shape index (κ1) is 17.2. The van der Waals surface area contributed by atoms with Gasteiger partial charge in [-0.15, -0.1) is 0 Å². The number of hydrogen-bond acceptors (Lipinski definition) is 5. The smallest absolute Gasteiger partial charge is 0.119 e. The fourth-order valence-corrected chi connectivity index (χ4v) is 3.01. The highest BCUT2D eigenvalue weighted by Crippen LogP contribution is 2.20. The minimum atomic E-state index is -0.499. The van der Waals surface area contributed by atoms with Gasteiger partial charge in [0.2, 0.25) is 0 Å². The van der Waals surface area contributed by atoms with Gasteiger partial charge >= 0.3 is 0 Å². The van der Waals surface area contributed by atoms with Gasteiger partial charge in [0.15, 0.2) is 0 Å². The molecule has 22 heavy (non-hydrogen) atoms. The number of ether oxygens (including phenoxy) is 1. The molecule has 0 aliphatic carbocycles. The number of β-amino-alcohol motifs (C(OH)–C–C–N with tert-alkyl or cyclic N) is 1. The van der Waals surface area contributed by atoms with Crippen molar-refractivity contribution in [1.82, 2.24) is 9.80 Å². The average Bonchev–Trinajstić information content (AvgIpc) is 2.57. The van der Waals surface area contributed by atoms with Crippen molar-refractivity contribution in [2.75, 3.05) is 46.4 Å².